The lowest BCUT2D eigenvalue weighted by atomic mass is 9.75. The highest BCUT2D eigenvalue weighted by molar-refractivity contribution is 5.85. The molecule has 7 heteroatoms. The van der Waals surface area contributed by atoms with E-state index in [1.807, 2.05) is 51.1 Å². The number of primary amides is 1. The van der Waals surface area contributed by atoms with Crippen molar-refractivity contribution in [3.05, 3.63) is 65.2 Å². The normalized spacial score (nSPS) is 16.8. The van der Waals surface area contributed by atoms with Crippen molar-refractivity contribution in [3.8, 4) is 11.4 Å². The maximum atomic E-state index is 12.8. The van der Waals surface area contributed by atoms with Crippen LogP contribution in [0.15, 0.2) is 48.5 Å². The average Bonchev–Trinajstić information content (AvgIpc) is 3.48. The monoisotopic (exact) mass is 419 g/mol. The zero-order valence-electron chi connectivity index (χ0n) is 18.2. The van der Waals surface area contributed by atoms with Crippen LogP contribution in [0.25, 0.3) is 11.4 Å². The van der Waals surface area contributed by atoms with Gasteiger partial charge in [-0.05, 0) is 46.6 Å². The van der Waals surface area contributed by atoms with Crippen molar-refractivity contribution >= 4 is 5.91 Å². The summed E-state index contributed by atoms with van der Waals surface area (Å²) in [5.74, 6) is 0.397. The van der Waals surface area contributed by atoms with Crippen LogP contribution in [0.5, 0.6) is 0 Å². The number of rotatable bonds is 9. The molecule has 162 valence electrons. The molecule has 0 bridgehead atoms. The van der Waals surface area contributed by atoms with Gasteiger partial charge in [0.1, 0.15) is 0 Å². The zero-order valence-corrected chi connectivity index (χ0v) is 18.2. The highest BCUT2D eigenvalue weighted by Crippen LogP contribution is 2.41. The second-order valence-electron chi connectivity index (χ2n) is 8.70. The van der Waals surface area contributed by atoms with E-state index < -0.39 is 11.5 Å². The van der Waals surface area contributed by atoms with Crippen LogP contribution in [0.1, 0.15) is 62.1 Å². The van der Waals surface area contributed by atoms with Crippen LogP contribution < -0.4 is 5.73 Å². The molecule has 0 saturated heterocycles. The summed E-state index contributed by atoms with van der Waals surface area (Å²) in [4.78, 5) is 12.8. The zero-order chi connectivity index (χ0) is 22.0. The van der Waals surface area contributed by atoms with E-state index in [0.29, 0.717) is 18.3 Å². The highest BCUT2D eigenvalue weighted by atomic mass is 16.5. The van der Waals surface area contributed by atoms with Gasteiger partial charge < -0.3 is 10.5 Å². The molecule has 2 aromatic carbocycles. The van der Waals surface area contributed by atoms with Crippen molar-refractivity contribution in [1.82, 2.24) is 20.6 Å². The summed E-state index contributed by atoms with van der Waals surface area (Å²) in [6.45, 7) is 6.30. The molecule has 0 radical (unpaired) electrons. The summed E-state index contributed by atoms with van der Waals surface area (Å²) in [6.07, 6.45) is 2.50. The van der Waals surface area contributed by atoms with Gasteiger partial charge in [-0.15, -0.1) is 10.2 Å². The molecule has 1 amide bonds. The van der Waals surface area contributed by atoms with Gasteiger partial charge in [-0.3, -0.25) is 4.79 Å². The highest BCUT2D eigenvalue weighted by Gasteiger charge is 2.47. The number of carbonyl (C=O) groups is 1. The summed E-state index contributed by atoms with van der Waals surface area (Å²) >= 11 is 0. The molecule has 3 aromatic rings. The second-order valence-corrected chi connectivity index (χ2v) is 8.70. The fourth-order valence-electron chi connectivity index (χ4n) is 4.37. The van der Waals surface area contributed by atoms with Gasteiger partial charge in [0.15, 0.2) is 5.60 Å². The summed E-state index contributed by atoms with van der Waals surface area (Å²) in [7, 11) is 0. The number of tetrazole rings is 1. The molecule has 7 nitrogen and oxygen atoms in total. The fourth-order valence-corrected chi connectivity index (χ4v) is 4.37. The van der Waals surface area contributed by atoms with Gasteiger partial charge in [0.25, 0.3) is 5.91 Å². The number of aromatic amines is 1. The molecular formula is C24H29N5O2. The number of hydrogen-bond donors (Lipinski definition) is 2. The van der Waals surface area contributed by atoms with E-state index in [0.717, 1.165) is 16.7 Å². The molecule has 1 fully saturated rings. The smallest absolute Gasteiger partial charge is 0.250 e. The molecule has 0 spiro atoms. The topological polar surface area (TPSA) is 107 Å². The summed E-state index contributed by atoms with van der Waals surface area (Å²) in [5.41, 5.74) is 9.06. The standard InChI is InChI=1S/C24H29N5O2/c1-15(2)24(23(25)30,31-14-17-5-4-6-21(13-17)19-9-10-19)16(3)18-7-11-20(12-8-18)22-26-28-29-27-22/h4-8,11-13,15-16,19H,9-10,14H2,1-3H3,(H2,25,30)(H,26,27,28,29)/t16-,24?/m0/s1. The van der Waals surface area contributed by atoms with Crippen molar-refractivity contribution in [2.75, 3.05) is 0 Å². The van der Waals surface area contributed by atoms with Crippen LogP contribution in [0, 0.1) is 5.92 Å². The number of nitrogens with zero attached hydrogens (tertiary/aromatic N) is 3. The molecule has 4 rings (SSSR count). The minimum atomic E-state index is -1.14. The molecule has 3 N–H and O–H groups in total. The lowest BCUT2D eigenvalue weighted by molar-refractivity contribution is -0.157. The summed E-state index contributed by atoms with van der Waals surface area (Å²) in [5, 5.41) is 14.1. The van der Waals surface area contributed by atoms with Gasteiger partial charge in [0.2, 0.25) is 5.82 Å². The van der Waals surface area contributed by atoms with E-state index in [4.69, 9.17) is 10.5 Å². The molecule has 0 aliphatic heterocycles. The molecule has 1 aliphatic carbocycles. The number of nitrogens with two attached hydrogens (primary N) is 1. The summed E-state index contributed by atoms with van der Waals surface area (Å²) in [6, 6.07) is 16.2. The van der Waals surface area contributed by atoms with E-state index in [-0.39, 0.29) is 11.8 Å². The number of aromatic nitrogens is 4. The first-order valence-corrected chi connectivity index (χ1v) is 10.8. The van der Waals surface area contributed by atoms with Crippen molar-refractivity contribution in [1.29, 1.82) is 0 Å². The van der Waals surface area contributed by atoms with Crippen molar-refractivity contribution in [3.63, 3.8) is 0 Å². The molecular weight excluding hydrogens is 390 g/mol. The van der Waals surface area contributed by atoms with E-state index in [1.54, 1.807) is 0 Å². The fraction of sp³-hybridized carbons (Fsp3) is 0.417. The van der Waals surface area contributed by atoms with E-state index in [2.05, 4.69) is 38.8 Å². The van der Waals surface area contributed by atoms with Crippen molar-refractivity contribution in [2.45, 2.75) is 57.7 Å². The number of H-pyrrole nitrogens is 1. The molecule has 31 heavy (non-hydrogen) atoms. The molecule has 1 unspecified atom stereocenters. The molecule has 2 atom stereocenters. The van der Waals surface area contributed by atoms with Crippen LogP contribution in [0.3, 0.4) is 0 Å². The number of amides is 1. The molecule has 1 aliphatic rings. The third kappa shape index (κ3) is 4.23. The van der Waals surface area contributed by atoms with Crippen LogP contribution >= 0.6 is 0 Å². The number of benzene rings is 2. The Bertz CT molecular complexity index is 1030. The second kappa shape index (κ2) is 8.59. The van der Waals surface area contributed by atoms with Gasteiger partial charge >= 0.3 is 0 Å². The third-order valence-electron chi connectivity index (χ3n) is 6.38. The van der Waals surface area contributed by atoms with E-state index in [1.165, 1.54) is 18.4 Å². The number of carbonyl (C=O) groups excluding carboxylic acids is 1. The molecule has 1 heterocycles. The Balaban J connectivity index is 1.59. The predicted octanol–water partition coefficient (Wildman–Crippen LogP) is 3.94. The van der Waals surface area contributed by atoms with Crippen LogP contribution in [-0.4, -0.2) is 32.1 Å². The molecule has 1 saturated carbocycles. The minimum Gasteiger partial charge on any atom is -0.367 e. The maximum Gasteiger partial charge on any atom is 0.250 e. The van der Waals surface area contributed by atoms with Gasteiger partial charge in [0.05, 0.1) is 6.61 Å². The Morgan fingerprint density at radius 2 is 1.94 bits per heavy atom. The third-order valence-corrected chi connectivity index (χ3v) is 6.38. The first-order valence-electron chi connectivity index (χ1n) is 10.8. The number of hydrogen-bond acceptors (Lipinski definition) is 5. The van der Waals surface area contributed by atoms with E-state index in [9.17, 15) is 4.79 Å². The Morgan fingerprint density at radius 3 is 2.52 bits per heavy atom. The quantitative estimate of drug-likeness (QED) is 0.546. The molecule has 1 aromatic heterocycles. The van der Waals surface area contributed by atoms with Gasteiger partial charge in [0, 0.05) is 11.5 Å². The SMILES string of the molecule is CC(C)C(OCc1cccc(C2CC2)c1)(C(N)=O)[C@@H](C)c1ccc(-c2nn[nH]n2)cc1. The van der Waals surface area contributed by atoms with Crippen LogP contribution in [-0.2, 0) is 16.1 Å². The van der Waals surface area contributed by atoms with Crippen LogP contribution in [0.2, 0.25) is 0 Å². The number of ether oxygens (including phenoxy) is 1. The van der Waals surface area contributed by atoms with E-state index >= 15 is 0 Å². The van der Waals surface area contributed by atoms with Gasteiger partial charge in [-0.25, -0.2) is 0 Å². The Hall–Kier alpha value is -3.06. The predicted molar refractivity (Wildman–Crippen MR) is 118 cm³/mol. The Morgan fingerprint density at radius 1 is 1.19 bits per heavy atom. The maximum absolute atomic E-state index is 12.8. The first kappa shape index (κ1) is 21.2. The van der Waals surface area contributed by atoms with Crippen molar-refractivity contribution in [2.24, 2.45) is 11.7 Å². The largest absolute Gasteiger partial charge is 0.367 e. The Kier molecular flexibility index (Phi) is 5.87. The number of nitrogens with one attached hydrogen (secondary N) is 1. The Labute approximate surface area is 182 Å². The first-order chi connectivity index (χ1) is 14.9. The van der Waals surface area contributed by atoms with Crippen LogP contribution in [0.4, 0.5) is 0 Å². The summed E-state index contributed by atoms with van der Waals surface area (Å²) < 4.78 is 6.40. The van der Waals surface area contributed by atoms with Crippen molar-refractivity contribution < 1.29 is 9.53 Å². The van der Waals surface area contributed by atoms with Gasteiger partial charge in [-0.1, -0.05) is 69.3 Å². The van der Waals surface area contributed by atoms with Gasteiger partial charge in [-0.2, -0.15) is 5.21 Å². The minimum absolute atomic E-state index is 0.108. The lowest BCUT2D eigenvalue weighted by Crippen LogP contribution is -2.54. The average molecular weight is 420 g/mol. The lowest BCUT2D eigenvalue weighted by Gasteiger charge is -2.40.